The molecule has 0 aliphatic carbocycles. The smallest absolute Gasteiger partial charge is 0.0979 e. The number of benzene rings is 1. The lowest BCUT2D eigenvalue weighted by molar-refractivity contribution is 0.492. The highest BCUT2D eigenvalue weighted by molar-refractivity contribution is 5.83. The Morgan fingerprint density at radius 2 is 2.14 bits per heavy atom. The average molecular weight is 190 g/mol. The molecule has 0 saturated carbocycles. The molecule has 4 heteroatoms. The quantitative estimate of drug-likeness (QED) is 0.329. The molecule has 0 spiro atoms. The van der Waals surface area contributed by atoms with Crippen LogP contribution < -0.4 is 16.6 Å². The molecule has 1 atom stereocenters. The van der Waals surface area contributed by atoms with Gasteiger partial charge in [0, 0.05) is 22.7 Å². The van der Waals surface area contributed by atoms with Crippen molar-refractivity contribution >= 4 is 10.9 Å². The fourth-order valence-electron chi connectivity index (χ4n) is 1.66. The fourth-order valence-corrected chi connectivity index (χ4v) is 1.66. The molecule has 1 aromatic heterocycles. The van der Waals surface area contributed by atoms with Gasteiger partial charge in [0.05, 0.1) is 6.17 Å². The van der Waals surface area contributed by atoms with Crippen LogP contribution in [0.25, 0.3) is 10.9 Å². The Morgan fingerprint density at radius 1 is 1.36 bits per heavy atom. The Hall–Kier alpha value is -1.36. The molecule has 0 aliphatic heterocycles. The van der Waals surface area contributed by atoms with Gasteiger partial charge in [-0.3, -0.25) is 5.84 Å². The molecule has 0 radical (unpaired) electrons. The maximum absolute atomic E-state index is 5.44. The summed E-state index contributed by atoms with van der Waals surface area (Å²) in [5, 5.41) is 4.28. The van der Waals surface area contributed by atoms with Crippen molar-refractivity contribution in [3.8, 4) is 0 Å². The summed E-state index contributed by atoms with van der Waals surface area (Å²) in [6, 6.07) is 8.14. The molecule has 0 saturated heterocycles. The van der Waals surface area contributed by atoms with Gasteiger partial charge in [0.1, 0.15) is 0 Å². The van der Waals surface area contributed by atoms with Crippen molar-refractivity contribution in [1.29, 1.82) is 0 Å². The average Bonchev–Trinajstić information content (AvgIpc) is 2.65. The van der Waals surface area contributed by atoms with Crippen molar-refractivity contribution in [3.63, 3.8) is 0 Å². The van der Waals surface area contributed by atoms with Crippen LogP contribution in [-0.2, 0) is 0 Å². The number of fused-ring (bicyclic) bond motifs is 1. The molecule has 0 amide bonds. The summed E-state index contributed by atoms with van der Waals surface area (Å²) in [7, 11) is 1.87. The maximum atomic E-state index is 5.44. The molecule has 5 N–H and O–H groups in total. The zero-order valence-corrected chi connectivity index (χ0v) is 8.04. The molecular formula is C10H14N4. The van der Waals surface area contributed by atoms with Crippen LogP contribution in [0.1, 0.15) is 11.7 Å². The molecule has 1 unspecified atom stereocenters. The number of hydrazine groups is 1. The van der Waals surface area contributed by atoms with Crippen LogP contribution >= 0.6 is 0 Å². The van der Waals surface area contributed by atoms with Crippen LogP contribution in [0.3, 0.4) is 0 Å². The number of hydrogen-bond donors (Lipinski definition) is 4. The second-order valence-corrected chi connectivity index (χ2v) is 3.18. The lowest BCUT2D eigenvalue weighted by Gasteiger charge is -2.13. The van der Waals surface area contributed by atoms with Crippen LogP contribution in [0.5, 0.6) is 0 Å². The molecule has 4 nitrogen and oxygen atoms in total. The summed E-state index contributed by atoms with van der Waals surface area (Å²) in [4.78, 5) is 3.20. The van der Waals surface area contributed by atoms with Gasteiger partial charge >= 0.3 is 0 Å². The van der Waals surface area contributed by atoms with E-state index < -0.39 is 0 Å². The normalized spacial score (nSPS) is 13.3. The predicted molar refractivity (Wildman–Crippen MR) is 57.4 cm³/mol. The summed E-state index contributed by atoms with van der Waals surface area (Å²) in [6.07, 6.45) is 1.94. The fraction of sp³-hybridized carbons (Fsp3) is 0.200. The van der Waals surface area contributed by atoms with Crippen LogP contribution in [-0.4, -0.2) is 12.0 Å². The van der Waals surface area contributed by atoms with Gasteiger partial charge in [-0.1, -0.05) is 18.2 Å². The van der Waals surface area contributed by atoms with E-state index >= 15 is 0 Å². The zero-order chi connectivity index (χ0) is 9.97. The first-order valence-corrected chi connectivity index (χ1v) is 4.56. The van der Waals surface area contributed by atoms with Crippen LogP contribution in [0.15, 0.2) is 30.5 Å². The van der Waals surface area contributed by atoms with E-state index in [9.17, 15) is 0 Å². The van der Waals surface area contributed by atoms with Crippen molar-refractivity contribution in [2.45, 2.75) is 6.17 Å². The van der Waals surface area contributed by atoms with Gasteiger partial charge in [0.15, 0.2) is 0 Å². The summed E-state index contributed by atoms with van der Waals surface area (Å²) in [5.74, 6) is 5.44. The minimum absolute atomic E-state index is 0.0221. The Morgan fingerprint density at radius 3 is 2.86 bits per heavy atom. The molecule has 0 aliphatic rings. The highest BCUT2D eigenvalue weighted by atomic mass is 15.3. The van der Waals surface area contributed by atoms with Crippen molar-refractivity contribution in [2.75, 3.05) is 7.05 Å². The second kappa shape index (κ2) is 3.79. The van der Waals surface area contributed by atoms with Crippen molar-refractivity contribution in [2.24, 2.45) is 5.84 Å². The van der Waals surface area contributed by atoms with Gasteiger partial charge in [0.25, 0.3) is 0 Å². The minimum atomic E-state index is -0.0221. The Bertz CT molecular complexity index is 417. The Labute approximate surface area is 82.5 Å². The van der Waals surface area contributed by atoms with E-state index in [-0.39, 0.29) is 6.17 Å². The number of nitrogens with two attached hydrogens (primary N) is 1. The van der Waals surface area contributed by atoms with Gasteiger partial charge in [0.2, 0.25) is 0 Å². The maximum Gasteiger partial charge on any atom is 0.0979 e. The number of aromatic nitrogens is 1. The highest BCUT2D eigenvalue weighted by Gasteiger charge is 2.11. The highest BCUT2D eigenvalue weighted by Crippen LogP contribution is 2.21. The first-order valence-electron chi connectivity index (χ1n) is 4.56. The van der Waals surface area contributed by atoms with Gasteiger partial charge in [-0.25, -0.2) is 5.43 Å². The molecule has 1 aromatic carbocycles. The van der Waals surface area contributed by atoms with E-state index in [1.807, 2.05) is 31.4 Å². The number of nitrogens with one attached hydrogen (secondary N) is 3. The summed E-state index contributed by atoms with van der Waals surface area (Å²) in [6.45, 7) is 0. The molecular weight excluding hydrogens is 176 g/mol. The monoisotopic (exact) mass is 190 g/mol. The Kier molecular flexibility index (Phi) is 2.49. The molecule has 2 aromatic rings. The number of rotatable bonds is 3. The van der Waals surface area contributed by atoms with Crippen LogP contribution in [0, 0.1) is 0 Å². The van der Waals surface area contributed by atoms with E-state index in [1.54, 1.807) is 0 Å². The van der Waals surface area contributed by atoms with Crippen LogP contribution in [0.4, 0.5) is 0 Å². The largest absolute Gasteiger partial charge is 0.361 e. The number of para-hydroxylation sites is 1. The lowest BCUT2D eigenvalue weighted by Crippen LogP contribution is -2.36. The molecule has 74 valence electrons. The van der Waals surface area contributed by atoms with Crippen LogP contribution in [0.2, 0.25) is 0 Å². The van der Waals surface area contributed by atoms with Gasteiger partial charge < -0.3 is 10.3 Å². The molecule has 0 bridgehead atoms. The third kappa shape index (κ3) is 1.39. The van der Waals surface area contributed by atoms with E-state index in [0.717, 1.165) is 11.1 Å². The summed E-state index contributed by atoms with van der Waals surface area (Å²) < 4.78 is 0. The second-order valence-electron chi connectivity index (χ2n) is 3.18. The number of aromatic amines is 1. The van der Waals surface area contributed by atoms with E-state index in [1.165, 1.54) is 5.39 Å². The SMILES string of the molecule is CNC(NN)c1c[nH]c2ccccc12. The predicted octanol–water partition coefficient (Wildman–Crippen LogP) is 0.849. The lowest BCUT2D eigenvalue weighted by atomic mass is 10.1. The minimum Gasteiger partial charge on any atom is -0.361 e. The zero-order valence-electron chi connectivity index (χ0n) is 8.04. The first kappa shape index (κ1) is 9.21. The van der Waals surface area contributed by atoms with Gasteiger partial charge in [-0.2, -0.15) is 0 Å². The summed E-state index contributed by atoms with van der Waals surface area (Å²) in [5.41, 5.74) is 4.97. The summed E-state index contributed by atoms with van der Waals surface area (Å²) >= 11 is 0. The van der Waals surface area contributed by atoms with Crippen molar-refractivity contribution in [3.05, 3.63) is 36.0 Å². The van der Waals surface area contributed by atoms with Crippen molar-refractivity contribution in [1.82, 2.24) is 15.7 Å². The molecule has 1 heterocycles. The molecule has 2 rings (SSSR count). The first-order chi connectivity index (χ1) is 6.86. The Balaban J connectivity index is 2.51. The third-order valence-electron chi connectivity index (χ3n) is 2.39. The number of hydrogen-bond acceptors (Lipinski definition) is 3. The topological polar surface area (TPSA) is 65.9 Å². The molecule has 0 fully saturated rings. The molecule has 14 heavy (non-hydrogen) atoms. The van der Waals surface area contributed by atoms with E-state index in [2.05, 4.69) is 21.8 Å². The van der Waals surface area contributed by atoms with Gasteiger partial charge in [-0.05, 0) is 13.1 Å². The van der Waals surface area contributed by atoms with Gasteiger partial charge in [-0.15, -0.1) is 0 Å². The van der Waals surface area contributed by atoms with Crippen molar-refractivity contribution < 1.29 is 0 Å². The van der Waals surface area contributed by atoms with E-state index in [0.29, 0.717) is 0 Å². The van der Waals surface area contributed by atoms with E-state index in [4.69, 9.17) is 5.84 Å². The standard InChI is InChI=1S/C10H14N4/c1-12-10(14-11)8-6-13-9-5-3-2-4-7(8)9/h2-6,10,12-14H,11H2,1H3. The third-order valence-corrected chi connectivity index (χ3v) is 2.39. The number of H-pyrrole nitrogens is 1.